The minimum atomic E-state index is -0.717. The van der Waals surface area contributed by atoms with Crippen LogP contribution in [0.3, 0.4) is 0 Å². The Hall–Kier alpha value is -3.61. The van der Waals surface area contributed by atoms with Crippen LogP contribution in [0, 0.1) is 21.4 Å². The van der Waals surface area contributed by atoms with Crippen LogP contribution in [-0.4, -0.2) is 35.6 Å². The van der Waals surface area contributed by atoms with Crippen molar-refractivity contribution in [3.63, 3.8) is 0 Å². The summed E-state index contributed by atoms with van der Waals surface area (Å²) in [4.78, 5) is 33.7. The first-order chi connectivity index (χ1) is 12.6. The van der Waals surface area contributed by atoms with Crippen LogP contribution in [0.15, 0.2) is 36.0 Å². The van der Waals surface area contributed by atoms with Crippen molar-refractivity contribution in [2.75, 3.05) is 18.4 Å². The number of anilines is 1. The lowest BCUT2D eigenvalue weighted by Crippen LogP contribution is -2.35. The minimum Gasteiger partial charge on any atom is -0.444 e. The molecular weight excluding hydrogens is 354 g/mol. The predicted octanol–water partition coefficient (Wildman–Crippen LogP) is 2.06. The Kier molecular flexibility index (Phi) is 7.75. The molecule has 0 saturated heterocycles. The number of hydrogen-bond acceptors (Lipinski definition) is 7. The van der Waals surface area contributed by atoms with E-state index < -0.39 is 22.5 Å². The van der Waals surface area contributed by atoms with Gasteiger partial charge < -0.3 is 20.7 Å². The maximum atomic E-state index is 12.1. The number of rotatable bonds is 7. The van der Waals surface area contributed by atoms with Gasteiger partial charge in [0.25, 0.3) is 11.6 Å². The van der Waals surface area contributed by atoms with E-state index in [4.69, 9.17) is 10.00 Å². The van der Waals surface area contributed by atoms with E-state index in [0.29, 0.717) is 0 Å². The van der Waals surface area contributed by atoms with Gasteiger partial charge in [0.15, 0.2) is 0 Å². The molecule has 144 valence electrons. The summed E-state index contributed by atoms with van der Waals surface area (Å²) in [7, 11) is 0. The van der Waals surface area contributed by atoms with Gasteiger partial charge in [0, 0.05) is 37.1 Å². The number of nitrogens with zero attached hydrogens (tertiary/aromatic N) is 2. The Morgan fingerprint density at radius 1 is 1.33 bits per heavy atom. The molecule has 1 aromatic rings. The Morgan fingerprint density at radius 2 is 2.04 bits per heavy atom. The molecular formula is C17H21N5O5. The number of carbonyl (C=O) groups excluding carboxylic acids is 2. The number of nitrogens with one attached hydrogen (secondary N) is 3. The second-order valence-corrected chi connectivity index (χ2v) is 6.31. The number of amides is 2. The van der Waals surface area contributed by atoms with Crippen LogP contribution in [0.2, 0.25) is 0 Å². The van der Waals surface area contributed by atoms with Crippen LogP contribution < -0.4 is 16.0 Å². The predicted molar refractivity (Wildman–Crippen MR) is 97.7 cm³/mol. The normalized spacial score (nSPS) is 11.1. The van der Waals surface area contributed by atoms with E-state index in [2.05, 4.69) is 16.0 Å². The van der Waals surface area contributed by atoms with E-state index in [0.717, 1.165) is 0 Å². The first-order valence-electron chi connectivity index (χ1n) is 7.98. The Morgan fingerprint density at radius 3 is 2.63 bits per heavy atom. The molecule has 0 aromatic heterocycles. The molecule has 2 amide bonds. The molecule has 27 heavy (non-hydrogen) atoms. The lowest BCUT2D eigenvalue weighted by Gasteiger charge is -2.19. The van der Waals surface area contributed by atoms with Crippen molar-refractivity contribution in [2.24, 2.45) is 0 Å². The lowest BCUT2D eigenvalue weighted by molar-refractivity contribution is -0.384. The fourth-order valence-electron chi connectivity index (χ4n) is 1.77. The third-order valence-corrected chi connectivity index (χ3v) is 2.86. The maximum Gasteiger partial charge on any atom is 0.407 e. The van der Waals surface area contributed by atoms with Crippen molar-refractivity contribution in [3.05, 3.63) is 46.2 Å². The van der Waals surface area contributed by atoms with E-state index in [9.17, 15) is 19.7 Å². The highest BCUT2D eigenvalue weighted by Gasteiger charge is 2.15. The second kappa shape index (κ2) is 9.76. The Labute approximate surface area is 156 Å². The first kappa shape index (κ1) is 21.4. The molecule has 10 heteroatoms. The van der Waals surface area contributed by atoms with Crippen molar-refractivity contribution in [1.82, 2.24) is 10.6 Å². The number of nitro groups is 1. The van der Waals surface area contributed by atoms with Crippen molar-refractivity contribution in [3.8, 4) is 6.07 Å². The van der Waals surface area contributed by atoms with Gasteiger partial charge in [0.2, 0.25) is 0 Å². The zero-order chi connectivity index (χ0) is 20.4. The minimum absolute atomic E-state index is 0.179. The third-order valence-electron chi connectivity index (χ3n) is 2.86. The molecule has 0 heterocycles. The zero-order valence-corrected chi connectivity index (χ0v) is 15.2. The molecule has 1 rings (SSSR count). The molecule has 0 spiro atoms. The fourth-order valence-corrected chi connectivity index (χ4v) is 1.77. The van der Waals surface area contributed by atoms with Gasteiger partial charge in [-0.2, -0.15) is 5.26 Å². The summed E-state index contributed by atoms with van der Waals surface area (Å²) in [6.45, 7) is 5.71. The zero-order valence-electron chi connectivity index (χ0n) is 15.2. The SMILES string of the molecule is CC(C)(C)OC(=O)NCCN/C=C(/C#N)C(=O)Nc1cccc([N+](=O)[O-])c1. The molecule has 0 fully saturated rings. The number of non-ortho nitro benzene ring substituents is 1. The summed E-state index contributed by atoms with van der Waals surface area (Å²) < 4.78 is 5.06. The summed E-state index contributed by atoms with van der Waals surface area (Å²) in [5.74, 6) is -0.717. The van der Waals surface area contributed by atoms with Crippen LogP contribution in [0.1, 0.15) is 20.8 Å². The summed E-state index contributed by atoms with van der Waals surface area (Å²) in [5, 5.41) is 27.5. The topological polar surface area (TPSA) is 146 Å². The molecule has 0 saturated carbocycles. The smallest absolute Gasteiger partial charge is 0.407 e. The summed E-state index contributed by atoms with van der Waals surface area (Å²) in [6, 6.07) is 7.10. The molecule has 3 N–H and O–H groups in total. The number of ether oxygens (including phenoxy) is 1. The van der Waals surface area contributed by atoms with Crippen molar-refractivity contribution in [2.45, 2.75) is 26.4 Å². The highest BCUT2D eigenvalue weighted by atomic mass is 16.6. The largest absolute Gasteiger partial charge is 0.444 e. The first-order valence-corrected chi connectivity index (χ1v) is 7.98. The van der Waals surface area contributed by atoms with Crippen molar-refractivity contribution < 1.29 is 19.2 Å². The van der Waals surface area contributed by atoms with Gasteiger partial charge in [-0.05, 0) is 26.8 Å². The molecule has 0 aliphatic heterocycles. The van der Waals surface area contributed by atoms with Gasteiger partial charge in [-0.3, -0.25) is 14.9 Å². The van der Waals surface area contributed by atoms with Gasteiger partial charge in [0.05, 0.1) is 4.92 Å². The molecule has 0 bridgehead atoms. The quantitative estimate of drug-likeness (QED) is 0.217. The molecule has 0 atom stereocenters. The van der Waals surface area contributed by atoms with E-state index in [1.54, 1.807) is 26.8 Å². The van der Waals surface area contributed by atoms with Crippen LogP contribution in [-0.2, 0) is 9.53 Å². The van der Waals surface area contributed by atoms with Gasteiger partial charge in [-0.25, -0.2) is 4.79 Å². The molecule has 0 unspecified atom stereocenters. The van der Waals surface area contributed by atoms with E-state index in [1.807, 2.05) is 0 Å². The van der Waals surface area contributed by atoms with Gasteiger partial charge >= 0.3 is 6.09 Å². The number of nitro benzene ring substituents is 1. The van der Waals surface area contributed by atoms with Crippen molar-refractivity contribution >= 4 is 23.4 Å². The summed E-state index contributed by atoms with van der Waals surface area (Å²) >= 11 is 0. The van der Waals surface area contributed by atoms with Crippen molar-refractivity contribution in [1.29, 1.82) is 5.26 Å². The molecule has 0 radical (unpaired) electrons. The van der Waals surface area contributed by atoms with Gasteiger partial charge in [0.1, 0.15) is 17.2 Å². The molecule has 10 nitrogen and oxygen atoms in total. The average molecular weight is 375 g/mol. The van der Waals surface area contributed by atoms with E-state index in [1.165, 1.54) is 30.5 Å². The average Bonchev–Trinajstić information content (AvgIpc) is 2.56. The van der Waals surface area contributed by atoms with E-state index in [-0.39, 0.29) is 30.0 Å². The number of hydrogen-bond donors (Lipinski definition) is 3. The highest BCUT2D eigenvalue weighted by Crippen LogP contribution is 2.17. The fraction of sp³-hybridized carbons (Fsp3) is 0.353. The second-order valence-electron chi connectivity index (χ2n) is 6.31. The maximum absolute atomic E-state index is 12.1. The number of benzene rings is 1. The number of nitriles is 1. The summed E-state index contributed by atoms with van der Waals surface area (Å²) in [5.41, 5.74) is -0.807. The Balaban J connectivity index is 2.51. The molecule has 0 aliphatic carbocycles. The third kappa shape index (κ3) is 8.35. The number of alkyl carbamates (subject to hydrolysis) is 1. The van der Waals surface area contributed by atoms with Crippen LogP contribution in [0.25, 0.3) is 0 Å². The highest BCUT2D eigenvalue weighted by molar-refractivity contribution is 6.06. The molecule has 1 aromatic carbocycles. The standard InChI is InChI=1S/C17H21N5O5/c1-17(2,3)27-16(24)20-8-7-19-11-12(10-18)15(23)21-13-5-4-6-14(9-13)22(25)26/h4-6,9,11,19H,7-8H2,1-3H3,(H,20,24)(H,21,23)/b12-11-. The van der Waals surface area contributed by atoms with E-state index >= 15 is 0 Å². The Bertz CT molecular complexity index is 777. The monoisotopic (exact) mass is 375 g/mol. The van der Waals surface area contributed by atoms with Crippen LogP contribution in [0.4, 0.5) is 16.2 Å². The lowest BCUT2D eigenvalue weighted by atomic mass is 10.2. The van der Waals surface area contributed by atoms with Gasteiger partial charge in [-0.1, -0.05) is 6.07 Å². The van der Waals surface area contributed by atoms with Gasteiger partial charge in [-0.15, -0.1) is 0 Å². The van der Waals surface area contributed by atoms with Crippen LogP contribution >= 0.6 is 0 Å². The number of carbonyl (C=O) groups is 2. The van der Waals surface area contributed by atoms with Crippen LogP contribution in [0.5, 0.6) is 0 Å². The molecule has 0 aliphatic rings. The summed E-state index contributed by atoms with van der Waals surface area (Å²) in [6.07, 6.45) is 0.626.